The number of carbonyl (C=O) groups is 2. The lowest BCUT2D eigenvalue weighted by Crippen LogP contribution is -2.27. The SMILES string of the molecule is CCOC(=O)Nc1cc(NC(=O)OC(C)(C)C)cc2[nH]ccc12. The predicted octanol–water partition coefficient (Wildman–Crippen LogP) is 4.08. The van der Waals surface area contributed by atoms with Crippen LogP contribution in [0.25, 0.3) is 10.9 Å². The Balaban J connectivity index is 2.24. The van der Waals surface area contributed by atoms with Crippen molar-refractivity contribution in [2.24, 2.45) is 0 Å². The zero-order valence-corrected chi connectivity index (χ0v) is 13.6. The third-order valence-corrected chi connectivity index (χ3v) is 2.83. The van der Waals surface area contributed by atoms with Crippen LogP contribution in [0.5, 0.6) is 0 Å². The number of carbonyl (C=O) groups excluding carboxylic acids is 2. The summed E-state index contributed by atoms with van der Waals surface area (Å²) >= 11 is 0. The van der Waals surface area contributed by atoms with Gasteiger partial charge in [0.25, 0.3) is 0 Å². The quantitative estimate of drug-likeness (QED) is 0.794. The topological polar surface area (TPSA) is 92.5 Å². The van der Waals surface area contributed by atoms with Crippen LogP contribution in [0.2, 0.25) is 0 Å². The number of nitrogens with one attached hydrogen (secondary N) is 3. The summed E-state index contributed by atoms with van der Waals surface area (Å²) in [5, 5.41) is 6.13. The first kappa shape index (κ1) is 16.7. The summed E-state index contributed by atoms with van der Waals surface area (Å²) in [4.78, 5) is 26.6. The Morgan fingerprint density at radius 3 is 2.57 bits per heavy atom. The molecule has 0 atom stereocenters. The second-order valence-electron chi connectivity index (χ2n) is 5.94. The van der Waals surface area contributed by atoms with Crippen LogP contribution in [0.1, 0.15) is 27.7 Å². The molecule has 0 spiro atoms. The molecule has 7 nitrogen and oxygen atoms in total. The summed E-state index contributed by atoms with van der Waals surface area (Å²) in [5.41, 5.74) is 1.21. The summed E-state index contributed by atoms with van der Waals surface area (Å²) in [7, 11) is 0. The smallest absolute Gasteiger partial charge is 0.412 e. The number of hydrogen-bond acceptors (Lipinski definition) is 4. The number of aromatic amines is 1. The number of hydrogen-bond donors (Lipinski definition) is 3. The third-order valence-electron chi connectivity index (χ3n) is 2.83. The molecular formula is C16H21N3O4. The van der Waals surface area contributed by atoms with E-state index in [9.17, 15) is 9.59 Å². The highest BCUT2D eigenvalue weighted by atomic mass is 16.6. The lowest BCUT2D eigenvalue weighted by Gasteiger charge is -2.20. The Labute approximate surface area is 134 Å². The van der Waals surface area contributed by atoms with E-state index in [-0.39, 0.29) is 6.61 Å². The van der Waals surface area contributed by atoms with Crippen molar-refractivity contribution in [3.05, 3.63) is 24.4 Å². The van der Waals surface area contributed by atoms with Gasteiger partial charge in [0.15, 0.2) is 0 Å². The average molecular weight is 319 g/mol. The van der Waals surface area contributed by atoms with Gasteiger partial charge in [0.1, 0.15) is 5.60 Å². The zero-order chi connectivity index (χ0) is 17.0. The van der Waals surface area contributed by atoms with Crippen LogP contribution in [0, 0.1) is 0 Å². The molecule has 0 aliphatic heterocycles. The van der Waals surface area contributed by atoms with Crippen molar-refractivity contribution in [3.63, 3.8) is 0 Å². The number of aromatic nitrogens is 1. The van der Waals surface area contributed by atoms with Crippen LogP contribution in [0.15, 0.2) is 24.4 Å². The van der Waals surface area contributed by atoms with Crippen LogP contribution in [-0.4, -0.2) is 29.4 Å². The van der Waals surface area contributed by atoms with Gasteiger partial charge in [-0.3, -0.25) is 10.6 Å². The second-order valence-corrected chi connectivity index (χ2v) is 5.94. The van der Waals surface area contributed by atoms with Crippen LogP contribution in [0.3, 0.4) is 0 Å². The van der Waals surface area contributed by atoms with Gasteiger partial charge >= 0.3 is 12.2 Å². The van der Waals surface area contributed by atoms with E-state index in [1.807, 2.05) is 6.07 Å². The van der Waals surface area contributed by atoms with Gasteiger partial charge in [-0.15, -0.1) is 0 Å². The highest BCUT2D eigenvalue weighted by Gasteiger charge is 2.17. The molecule has 2 amide bonds. The number of rotatable bonds is 3. The highest BCUT2D eigenvalue weighted by molar-refractivity contribution is 6.02. The lowest BCUT2D eigenvalue weighted by molar-refractivity contribution is 0.0636. The second kappa shape index (κ2) is 6.60. The van der Waals surface area contributed by atoms with Gasteiger partial charge in [0.05, 0.1) is 12.3 Å². The number of fused-ring (bicyclic) bond motifs is 1. The minimum absolute atomic E-state index is 0.276. The van der Waals surface area contributed by atoms with E-state index < -0.39 is 17.8 Å². The molecule has 124 valence electrons. The fourth-order valence-corrected chi connectivity index (χ4v) is 2.04. The van der Waals surface area contributed by atoms with Crippen LogP contribution in [0.4, 0.5) is 21.0 Å². The molecule has 0 fully saturated rings. The molecule has 7 heteroatoms. The van der Waals surface area contributed by atoms with E-state index in [2.05, 4.69) is 15.6 Å². The van der Waals surface area contributed by atoms with E-state index in [0.717, 1.165) is 10.9 Å². The molecular weight excluding hydrogens is 298 g/mol. The van der Waals surface area contributed by atoms with Crippen LogP contribution >= 0.6 is 0 Å². The minimum atomic E-state index is -0.591. The Hall–Kier alpha value is -2.70. The minimum Gasteiger partial charge on any atom is -0.450 e. The number of benzene rings is 1. The molecule has 1 aromatic carbocycles. The van der Waals surface area contributed by atoms with Crippen molar-refractivity contribution < 1.29 is 19.1 Å². The molecule has 1 heterocycles. The summed E-state index contributed by atoms with van der Waals surface area (Å²) in [5.74, 6) is 0. The van der Waals surface area contributed by atoms with E-state index in [1.165, 1.54) is 0 Å². The fraction of sp³-hybridized carbons (Fsp3) is 0.375. The van der Waals surface area contributed by atoms with Crippen LogP contribution < -0.4 is 10.6 Å². The highest BCUT2D eigenvalue weighted by Crippen LogP contribution is 2.28. The molecule has 0 saturated heterocycles. The van der Waals surface area contributed by atoms with E-state index in [1.54, 1.807) is 46.0 Å². The number of anilines is 2. The molecule has 2 aromatic rings. The molecule has 0 aliphatic carbocycles. The Bertz CT molecular complexity index is 716. The molecule has 0 aliphatic rings. The molecule has 0 bridgehead atoms. The molecule has 0 radical (unpaired) electrons. The van der Waals surface area contributed by atoms with Crippen molar-refractivity contribution >= 4 is 34.5 Å². The Morgan fingerprint density at radius 2 is 1.91 bits per heavy atom. The largest absolute Gasteiger partial charge is 0.450 e. The van der Waals surface area contributed by atoms with Gasteiger partial charge in [0.2, 0.25) is 0 Å². The van der Waals surface area contributed by atoms with Gasteiger partial charge in [0, 0.05) is 22.8 Å². The number of H-pyrrole nitrogens is 1. The monoisotopic (exact) mass is 319 g/mol. The van der Waals surface area contributed by atoms with Crippen molar-refractivity contribution in [3.8, 4) is 0 Å². The maximum Gasteiger partial charge on any atom is 0.412 e. The zero-order valence-electron chi connectivity index (χ0n) is 13.6. The standard InChI is InChI=1S/C16H21N3O4/c1-5-22-14(20)19-13-9-10(8-12-11(13)6-7-17-12)18-15(21)23-16(2,3)4/h6-9,17H,5H2,1-4H3,(H,18,21)(H,19,20). The maximum atomic E-state index is 11.9. The van der Waals surface area contributed by atoms with Crippen molar-refractivity contribution in [2.75, 3.05) is 17.2 Å². The van der Waals surface area contributed by atoms with Gasteiger partial charge in [-0.1, -0.05) is 0 Å². The average Bonchev–Trinajstić information content (AvgIpc) is 2.84. The number of amides is 2. The fourth-order valence-electron chi connectivity index (χ4n) is 2.04. The number of ether oxygens (including phenoxy) is 2. The summed E-state index contributed by atoms with van der Waals surface area (Å²) in [6.07, 6.45) is 0.632. The predicted molar refractivity (Wildman–Crippen MR) is 88.8 cm³/mol. The molecule has 0 unspecified atom stereocenters. The van der Waals surface area contributed by atoms with Crippen molar-refractivity contribution in [1.29, 1.82) is 0 Å². The van der Waals surface area contributed by atoms with Gasteiger partial charge in [-0.05, 0) is 45.9 Å². The van der Waals surface area contributed by atoms with Crippen molar-refractivity contribution in [1.82, 2.24) is 4.98 Å². The maximum absolute atomic E-state index is 11.9. The van der Waals surface area contributed by atoms with E-state index >= 15 is 0 Å². The summed E-state index contributed by atoms with van der Waals surface area (Å²) in [6, 6.07) is 5.24. The normalized spacial score (nSPS) is 11.1. The van der Waals surface area contributed by atoms with Gasteiger partial charge in [-0.25, -0.2) is 9.59 Å². The molecule has 3 N–H and O–H groups in total. The van der Waals surface area contributed by atoms with E-state index in [4.69, 9.17) is 9.47 Å². The summed E-state index contributed by atoms with van der Waals surface area (Å²) < 4.78 is 10.1. The summed E-state index contributed by atoms with van der Waals surface area (Å²) in [6.45, 7) is 7.36. The molecule has 2 rings (SSSR count). The molecule has 23 heavy (non-hydrogen) atoms. The first-order valence-corrected chi connectivity index (χ1v) is 7.33. The molecule has 0 saturated carbocycles. The van der Waals surface area contributed by atoms with Crippen LogP contribution in [-0.2, 0) is 9.47 Å². The Kier molecular flexibility index (Phi) is 4.78. The first-order chi connectivity index (χ1) is 10.8. The first-order valence-electron chi connectivity index (χ1n) is 7.33. The van der Waals surface area contributed by atoms with E-state index in [0.29, 0.717) is 11.4 Å². The molecule has 1 aromatic heterocycles. The third kappa shape index (κ3) is 4.64. The lowest BCUT2D eigenvalue weighted by atomic mass is 10.2. The van der Waals surface area contributed by atoms with Crippen molar-refractivity contribution in [2.45, 2.75) is 33.3 Å². The van der Waals surface area contributed by atoms with Gasteiger partial charge in [-0.2, -0.15) is 0 Å². The Morgan fingerprint density at radius 1 is 1.17 bits per heavy atom. The van der Waals surface area contributed by atoms with Gasteiger partial charge < -0.3 is 14.5 Å².